The maximum Gasteiger partial charge on any atom is 0.0647 e. The van der Waals surface area contributed by atoms with Crippen LogP contribution < -0.4 is 5.32 Å². The van der Waals surface area contributed by atoms with Gasteiger partial charge in [-0.15, -0.1) is 12.4 Å². The number of hydrogen-bond acceptors (Lipinski definition) is 2. The van der Waals surface area contributed by atoms with E-state index in [1.807, 2.05) is 0 Å². The number of rotatable bonds is 2. The smallest absolute Gasteiger partial charge is 0.0647 e. The molecule has 1 fully saturated rings. The van der Waals surface area contributed by atoms with Crippen molar-refractivity contribution >= 4 is 12.4 Å². The summed E-state index contributed by atoms with van der Waals surface area (Å²) < 4.78 is 4.84. The third-order valence-electron chi connectivity index (χ3n) is 1.24. The van der Waals surface area contributed by atoms with Gasteiger partial charge in [-0.05, 0) is 5.57 Å². The zero-order chi connectivity index (χ0) is 5.82. The predicted molar refractivity (Wildman–Crippen MR) is 40.1 cm³/mol. The Labute approximate surface area is 61.7 Å². The van der Waals surface area contributed by atoms with Gasteiger partial charge in [0.25, 0.3) is 0 Å². The lowest BCUT2D eigenvalue weighted by Crippen LogP contribution is -2.33. The largest absolute Gasteiger partial charge is 0.381 e. The molecule has 0 spiro atoms. The van der Waals surface area contributed by atoms with E-state index < -0.39 is 0 Å². The molecule has 0 unspecified atom stereocenters. The van der Waals surface area contributed by atoms with Crippen LogP contribution >= 0.6 is 12.4 Å². The fraction of sp³-hybridized carbons (Fsp3) is 0.667. The fourth-order valence-electron chi connectivity index (χ4n) is 0.615. The molecular formula is C6H12ClNO. The summed E-state index contributed by atoms with van der Waals surface area (Å²) in [7, 11) is 1.71. The first-order valence-corrected chi connectivity index (χ1v) is 2.81. The monoisotopic (exact) mass is 149 g/mol. The molecule has 1 aliphatic heterocycles. The summed E-state index contributed by atoms with van der Waals surface area (Å²) >= 11 is 0. The van der Waals surface area contributed by atoms with Crippen LogP contribution in [0, 0.1) is 0 Å². The van der Waals surface area contributed by atoms with E-state index in [1.54, 1.807) is 7.11 Å². The Hall–Kier alpha value is -0.0500. The lowest BCUT2D eigenvalue weighted by Gasteiger charge is -2.17. The van der Waals surface area contributed by atoms with E-state index in [0.29, 0.717) is 0 Å². The van der Waals surface area contributed by atoms with Crippen LogP contribution in [0.3, 0.4) is 0 Å². The molecule has 0 aromatic carbocycles. The molecule has 0 radical (unpaired) electrons. The number of hydrogen-bond donors (Lipinski definition) is 1. The molecular weight excluding hydrogens is 138 g/mol. The minimum atomic E-state index is 0. The Morgan fingerprint density at radius 2 is 2.33 bits per heavy atom. The van der Waals surface area contributed by atoms with E-state index in [-0.39, 0.29) is 12.4 Å². The van der Waals surface area contributed by atoms with Crippen LogP contribution in [0.1, 0.15) is 0 Å². The van der Waals surface area contributed by atoms with Gasteiger partial charge in [0.1, 0.15) is 0 Å². The standard InChI is InChI=1S/C6H11NO.ClH/c1-8-3-2-6-4-7-5-6;/h2,7H,3-5H2,1H3;1H. The minimum absolute atomic E-state index is 0. The average Bonchev–Trinajstić information content (AvgIpc) is 1.63. The molecule has 1 N–H and O–H groups in total. The van der Waals surface area contributed by atoms with Crippen molar-refractivity contribution in [2.24, 2.45) is 0 Å². The molecule has 3 heteroatoms. The number of nitrogens with one attached hydrogen (secondary N) is 1. The van der Waals surface area contributed by atoms with Gasteiger partial charge in [-0.3, -0.25) is 0 Å². The molecule has 0 aromatic heterocycles. The summed E-state index contributed by atoms with van der Waals surface area (Å²) in [5.41, 5.74) is 1.46. The summed E-state index contributed by atoms with van der Waals surface area (Å²) in [4.78, 5) is 0. The molecule has 0 amide bonds. The number of ether oxygens (including phenoxy) is 1. The Morgan fingerprint density at radius 3 is 2.67 bits per heavy atom. The van der Waals surface area contributed by atoms with Crippen molar-refractivity contribution in [2.45, 2.75) is 0 Å². The first kappa shape index (κ1) is 8.95. The van der Waals surface area contributed by atoms with Crippen molar-refractivity contribution in [3.8, 4) is 0 Å². The van der Waals surface area contributed by atoms with Crippen LogP contribution in [0.5, 0.6) is 0 Å². The van der Waals surface area contributed by atoms with Gasteiger partial charge in [0, 0.05) is 20.2 Å². The average molecular weight is 150 g/mol. The van der Waals surface area contributed by atoms with Crippen LogP contribution in [-0.4, -0.2) is 26.8 Å². The van der Waals surface area contributed by atoms with Crippen molar-refractivity contribution in [3.63, 3.8) is 0 Å². The highest BCUT2D eigenvalue weighted by atomic mass is 35.5. The fourth-order valence-corrected chi connectivity index (χ4v) is 0.615. The van der Waals surface area contributed by atoms with Crippen molar-refractivity contribution < 1.29 is 4.74 Å². The zero-order valence-corrected chi connectivity index (χ0v) is 6.33. The van der Waals surface area contributed by atoms with E-state index in [0.717, 1.165) is 19.7 Å². The number of halogens is 1. The maximum absolute atomic E-state index is 4.84. The Balaban J connectivity index is 0.000000640. The maximum atomic E-state index is 4.84. The lowest BCUT2D eigenvalue weighted by molar-refractivity contribution is 0.232. The van der Waals surface area contributed by atoms with Crippen LogP contribution in [0.2, 0.25) is 0 Å². The molecule has 0 aliphatic carbocycles. The second-order valence-corrected chi connectivity index (χ2v) is 1.92. The molecule has 54 valence electrons. The molecule has 1 rings (SSSR count). The molecule has 0 bridgehead atoms. The van der Waals surface area contributed by atoms with Crippen molar-refractivity contribution in [1.29, 1.82) is 0 Å². The molecule has 1 aliphatic rings. The van der Waals surface area contributed by atoms with Crippen LogP contribution in [0.15, 0.2) is 11.6 Å². The SMILES string of the molecule is COCC=C1CNC1.Cl. The summed E-state index contributed by atoms with van der Waals surface area (Å²) in [6.07, 6.45) is 2.12. The predicted octanol–water partition coefficient (Wildman–Crippen LogP) is 0.584. The third kappa shape index (κ3) is 2.84. The van der Waals surface area contributed by atoms with Crippen LogP contribution in [-0.2, 0) is 4.74 Å². The molecule has 0 saturated carbocycles. The topological polar surface area (TPSA) is 21.3 Å². The van der Waals surface area contributed by atoms with Crippen molar-refractivity contribution in [2.75, 3.05) is 26.8 Å². The summed E-state index contributed by atoms with van der Waals surface area (Å²) in [5.74, 6) is 0. The normalized spacial score (nSPS) is 15.9. The van der Waals surface area contributed by atoms with Crippen molar-refractivity contribution in [1.82, 2.24) is 5.32 Å². The van der Waals surface area contributed by atoms with Gasteiger partial charge in [-0.2, -0.15) is 0 Å². The van der Waals surface area contributed by atoms with Crippen LogP contribution in [0.25, 0.3) is 0 Å². The second kappa shape index (κ2) is 4.79. The van der Waals surface area contributed by atoms with E-state index >= 15 is 0 Å². The zero-order valence-electron chi connectivity index (χ0n) is 5.52. The first-order valence-electron chi connectivity index (χ1n) is 2.81. The molecule has 0 atom stereocenters. The molecule has 0 aromatic rings. The highest BCUT2D eigenvalue weighted by Gasteiger charge is 2.04. The molecule has 1 heterocycles. The highest BCUT2D eigenvalue weighted by Crippen LogP contribution is 1.98. The minimum Gasteiger partial charge on any atom is -0.381 e. The van der Waals surface area contributed by atoms with Gasteiger partial charge < -0.3 is 10.1 Å². The van der Waals surface area contributed by atoms with Gasteiger partial charge in [0.2, 0.25) is 0 Å². The molecule has 9 heavy (non-hydrogen) atoms. The van der Waals surface area contributed by atoms with E-state index in [1.165, 1.54) is 5.57 Å². The molecule has 1 saturated heterocycles. The summed E-state index contributed by atoms with van der Waals surface area (Å²) in [6.45, 7) is 2.88. The van der Waals surface area contributed by atoms with Gasteiger partial charge in [-0.1, -0.05) is 6.08 Å². The highest BCUT2D eigenvalue weighted by molar-refractivity contribution is 5.85. The van der Waals surface area contributed by atoms with E-state index in [9.17, 15) is 0 Å². The molecule has 2 nitrogen and oxygen atoms in total. The van der Waals surface area contributed by atoms with E-state index in [2.05, 4.69) is 11.4 Å². The number of methoxy groups -OCH3 is 1. The van der Waals surface area contributed by atoms with E-state index in [4.69, 9.17) is 4.74 Å². The van der Waals surface area contributed by atoms with Gasteiger partial charge in [-0.25, -0.2) is 0 Å². The summed E-state index contributed by atoms with van der Waals surface area (Å²) in [6, 6.07) is 0. The Kier molecular flexibility index (Phi) is 4.77. The first-order chi connectivity index (χ1) is 3.93. The Bertz CT molecular complexity index is 97.2. The van der Waals surface area contributed by atoms with Gasteiger partial charge in [0.05, 0.1) is 6.61 Å². The van der Waals surface area contributed by atoms with Gasteiger partial charge in [0.15, 0.2) is 0 Å². The van der Waals surface area contributed by atoms with Crippen LogP contribution in [0.4, 0.5) is 0 Å². The Morgan fingerprint density at radius 1 is 1.67 bits per heavy atom. The van der Waals surface area contributed by atoms with Gasteiger partial charge >= 0.3 is 0 Å². The van der Waals surface area contributed by atoms with Crippen molar-refractivity contribution in [3.05, 3.63) is 11.6 Å². The quantitative estimate of drug-likeness (QED) is 0.581. The second-order valence-electron chi connectivity index (χ2n) is 1.92. The third-order valence-corrected chi connectivity index (χ3v) is 1.24. The summed E-state index contributed by atoms with van der Waals surface area (Å²) in [5, 5.41) is 3.15. The lowest BCUT2D eigenvalue weighted by atomic mass is 10.1.